The number of hydrogen-bond donors (Lipinski definition) is 2. The summed E-state index contributed by atoms with van der Waals surface area (Å²) in [4.78, 5) is 11.9. The molecule has 2 fully saturated rings. The van der Waals surface area contributed by atoms with Crippen LogP contribution in [0.1, 0.15) is 32.1 Å². The van der Waals surface area contributed by atoms with Gasteiger partial charge >= 0.3 is 0 Å². The largest absolute Gasteiger partial charge is 0.353 e. The number of rotatable bonds is 2. The van der Waals surface area contributed by atoms with Gasteiger partial charge in [-0.2, -0.15) is 11.8 Å². The number of nitrogens with two attached hydrogens (primary N) is 1. The summed E-state index contributed by atoms with van der Waals surface area (Å²) in [5.74, 6) is 2.65. The van der Waals surface area contributed by atoms with E-state index in [1.807, 2.05) is 11.8 Å². The first-order chi connectivity index (χ1) is 7.27. The number of carbonyl (C=O) groups excluding carboxylic acids is 1. The minimum atomic E-state index is 0. The van der Waals surface area contributed by atoms with Crippen molar-refractivity contribution in [3.05, 3.63) is 0 Å². The molecule has 0 spiro atoms. The molecule has 0 aromatic heterocycles. The Balaban J connectivity index is 0.00000128. The Kier molecular flexibility index (Phi) is 5.94. The van der Waals surface area contributed by atoms with Crippen molar-refractivity contribution in [2.24, 2.45) is 11.7 Å². The fourth-order valence-corrected chi connectivity index (χ4v) is 3.57. The maximum absolute atomic E-state index is 11.9. The van der Waals surface area contributed by atoms with E-state index in [4.69, 9.17) is 5.73 Å². The highest BCUT2D eigenvalue weighted by molar-refractivity contribution is 7.99. The van der Waals surface area contributed by atoms with Gasteiger partial charge < -0.3 is 11.1 Å². The summed E-state index contributed by atoms with van der Waals surface area (Å²) < 4.78 is 0. The van der Waals surface area contributed by atoms with Crippen LogP contribution >= 0.6 is 24.2 Å². The van der Waals surface area contributed by atoms with Crippen LogP contribution in [0.5, 0.6) is 0 Å². The maximum Gasteiger partial charge on any atom is 0.224 e. The normalized spacial score (nSPS) is 30.8. The Morgan fingerprint density at radius 2 is 1.88 bits per heavy atom. The fourth-order valence-electron chi connectivity index (χ4n) is 2.46. The number of thioether (sulfide) groups is 1. The molecule has 2 aliphatic rings. The Morgan fingerprint density at radius 3 is 2.44 bits per heavy atom. The minimum absolute atomic E-state index is 0. The van der Waals surface area contributed by atoms with Crippen molar-refractivity contribution in [3.63, 3.8) is 0 Å². The monoisotopic (exact) mass is 264 g/mol. The van der Waals surface area contributed by atoms with Gasteiger partial charge in [0.15, 0.2) is 0 Å². The zero-order valence-corrected chi connectivity index (χ0v) is 11.1. The fraction of sp³-hybridized carbons (Fsp3) is 0.909. The molecule has 0 radical (unpaired) electrons. The van der Waals surface area contributed by atoms with E-state index in [-0.39, 0.29) is 30.3 Å². The highest BCUT2D eigenvalue weighted by Crippen LogP contribution is 2.25. The van der Waals surface area contributed by atoms with E-state index < -0.39 is 0 Å². The lowest BCUT2D eigenvalue weighted by atomic mass is 10.0. The summed E-state index contributed by atoms with van der Waals surface area (Å²) in [5, 5.41) is 3.16. The number of hydrogen-bond acceptors (Lipinski definition) is 3. The van der Waals surface area contributed by atoms with Crippen LogP contribution in [-0.2, 0) is 4.79 Å². The lowest BCUT2D eigenvalue weighted by Crippen LogP contribution is -2.44. The molecule has 2 rings (SSSR count). The summed E-state index contributed by atoms with van der Waals surface area (Å²) >= 11 is 1.98. The van der Waals surface area contributed by atoms with Gasteiger partial charge in [0.05, 0.1) is 5.92 Å². The number of halogens is 1. The molecule has 94 valence electrons. The second kappa shape index (κ2) is 6.72. The van der Waals surface area contributed by atoms with Crippen LogP contribution in [0.4, 0.5) is 0 Å². The summed E-state index contributed by atoms with van der Waals surface area (Å²) in [6.07, 6.45) is 5.35. The molecule has 1 aliphatic heterocycles. The molecule has 5 heteroatoms. The Bertz CT molecular complexity index is 234. The summed E-state index contributed by atoms with van der Waals surface area (Å²) in [5.41, 5.74) is 5.92. The molecule has 1 saturated carbocycles. The topological polar surface area (TPSA) is 55.1 Å². The predicted molar refractivity (Wildman–Crippen MR) is 71.1 cm³/mol. The molecule has 1 aliphatic carbocycles. The van der Waals surface area contributed by atoms with E-state index in [9.17, 15) is 4.79 Å². The average molecular weight is 265 g/mol. The number of carbonyl (C=O) groups is 1. The van der Waals surface area contributed by atoms with Crippen LogP contribution in [0.25, 0.3) is 0 Å². The van der Waals surface area contributed by atoms with E-state index >= 15 is 0 Å². The third-order valence-electron chi connectivity index (χ3n) is 3.47. The molecular formula is C11H21ClN2OS. The first-order valence-electron chi connectivity index (χ1n) is 5.91. The minimum Gasteiger partial charge on any atom is -0.353 e. The van der Waals surface area contributed by atoms with Gasteiger partial charge in [-0.05, 0) is 37.2 Å². The second-order valence-electron chi connectivity index (χ2n) is 4.60. The summed E-state index contributed by atoms with van der Waals surface area (Å²) in [7, 11) is 0. The van der Waals surface area contributed by atoms with Crippen molar-refractivity contribution in [2.45, 2.75) is 44.2 Å². The molecule has 2 atom stereocenters. The number of nitrogens with one attached hydrogen (secondary N) is 1. The van der Waals surface area contributed by atoms with Crippen LogP contribution in [0.3, 0.4) is 0 Å². The molecule has 3 nitrogen and oxygen atoms in total. The first-order valence-corrected chi connectivity index (χ1v) is 7.06. The van der Waals surface area contributed by atoms with Crippen LogP contribution in [0.2, 0.25) is 0 Å². The smallest absolute Gasteiger partial charge is 0.224 e. The van der Waals surface area contributed by atoms with Gasteiger partial charge in [0.2, 0.25) is 5.91 Å². The SMILES string of the molecule is Cl.NC1CCCC1C(=O)NC1CCSCC1. The molecule has 0 aromatic carbocycles. The molecule has 1 heterocycles. The molecule has 0 bridgehead atoms. The highest BCUT2D eigenvalue weighted by Gasteiger charge is 2.31. The maximum atomic E-state index is 11.9. The van der Waals surface area contributed by atoms with Crippen LogP contribution in [0.15, 0.2) is 0 Å². The zero-order valence-electron chi connectivity index (χ0n) is 9.48. The zero-order chi connectivity index (χ0) is 10.7. The van der Waals surface area contributed by atoms with Gasteiger partial charge in [0, 0.05) is 12.1 Å². The van der Waals surface area contributed by atoms with Gasteiger partial charge in [0.1, 0.15) is 0 Å². The van der Waals surface area contributed by atoms with Crippen LogP contribution in [-0.4, -0.2) is 29.5 Å². The molecule has 0 aromatic rings. The van der Waals surface area contributed by atoms with E-state index in [1.165, 1.54) is 11.5 Å². The van der Waals surface area contributed by atoms with E-state index in [1.54, 1.807) is 0 Å². The van der Waals surface area contributed by atoms with Gasteiger partial charge in [0.25, 0.3) is 0 Å². The summed E-state index contributed by atoms with van der Waals surface area (Å²) in [6, 6.07) is 0.509. The van der Waals surface area contributed by atoms with Crippen molar-refractivity contribution in [2.75, 3.05) is 11.5 Å². The Hall–Kier alpha value is 0.0700. The van der Waals surface area contributed by atoms with Crippen molar-refractivity contribution in [1.82, 2.24) is 5.32 Å². The standard InChI is InChI=1S/C11H20N2OS.ClH/c12-10-3-1-2-9(10)11(14)13-8-4-6-15-7-5-8;/h8-10H,1-7,12H2,(H,13,14);1H. The molecule has 16 heavy (non-hydrogen) atoms. The van der Waals surface area contributed by atoms with E-state index in [0.29, 0.717) is 6.04 Å². The molecular weight excluding hydrogens is 244 g/mol. The second-order valence-corrected chi connectivity index (χ2v) is 5.82. The first kappa shape index (κ1) is 14.1. The van der Waals surface area contributed by atoms with Gasteiger partial charge in [-0.25, -0.2) is 0 Å². The number of amides is 1. The van der Waals surface area contributed by atoms with Gasteiger partial charge in [-0.3, -0.25) is 4.79 Å². The lowest BCUT2D eigenvalue weighted by Gasteiger charge is -2.25. The Morgan fingerprint density at radius 1 is 1.19 bits per heavy atom. The van der Waals surface area contributed by atoms with E-state index in [0.717, 1.165) is 32.1 Å². The molecule has 1 saturated heterocycles. The van der Waals surface area contributed by atoms with Crippen LogP contribution in [0, 0.1) is 5.92 Å². The Labute approximate surface area is 108 Å². The van der Waals surface area contributed by atoms with Crippen molar-refractivity contribution in [3.8, 4) is 0 Å². The van der Waals surface area contributed by atoms with E-state index in [2.05, 4.69) is 5.32 Å². The van der Waals surface area contributed by atoms with Crippen molar-refractivity contribution >= 4 is 30.1 Å². The predicted octanol–water partition coefficient (Wildman–Crippen LogP) is 1.55. The third-order valence-corrected chi connectivity index (χ3v) is 4.52. The van der Waals surface area contributed by atoms with Crippen molar-refractivity contribution < 1.29 is 4.79 Å². The summed E-state index contributed by atoms with van der Waals surface area (Å²) in [6.45, 7) is 0. The third kappa shape index (κ3) is 3.54. The molecule has 1 amide bonds. The van der Waals surface area contributed by atoms with Crippen molar-refractivity contribution in [1.29, 1.82) is 0 Å². The van der Waals surface area contributed by atoms with Gasteiger partial charge in [-0.15, -0.1) is 12.4 Å². The highest BCUT2D eigenvalue weighted by atomic mass is 35.5. The lowest BCUT2D eigenvalue weighted by molar-refractivity contribution is -0.125. The molecule has 3 N–H and O–H groups in total. The van der Waals surface area contributed by atoms with Gasteiger partial charge in [-0.1, -0.05) is 6.42 Å². The average Bonchev–Trinajstić information content (AvgIpc) is 2.66. The van der Waals surface area contributed by atoms with Crippen LogP contribution < -0.4 is 11.1 Å². The quantitative estimate of drug-likeness (QED) is 0.796. The molecule has 2 unspecified atom stereocenters.